The number of carbonyl (C=O) groups excluding carboxylic acids is 1. The Morgan fingerprint density at radius 3 is 1.65 bits per heavy atom. The van der Waals surface area contributed by atoms with Crippen molar-refractivity contribution in [3.63, 3.8) is 0 Å². The predicted molar refractivity (Wildman–Crippen MR) is 155 cm³/mol. The molecule has 0 aliphatic rings. The second-order valence-corrected chi connectivity index (χ2v) is 9.70. The van der Waals surface area contributed by atoms with Crippen molar-refractivity contribution in [2.45, 2.75) is 38.5 Å². The smallest absolute Gasteiger partial charge is 0.230 e. The summed E-state index contributed by atoms with van der Waals surface area (Å²) in [6, 6.07) is 41.9. The topological polar surface area (TPSA) is 20.3 Å². The van der Waals surface area contributed by atoms with Gasteiger partial charge in [-0.2, -0.15) is 0 Å². The molecular weight excluding hydrogens is 450 g/mol. The van der Waals surface area contributed by atoms with Gasteiger partial charge in [0.2, 0.25) is 5.91 Å². The second-order valence-electron chi connectivity index (χ2n) is 9.70. The van der Waals surface area contributed by atoms with E-state index in [1.54, 1.807) is 0 Å². The fourth-order valence-corrected chi connectivity index (χ4v) is 5.09. The molecule has 0 aromatic heterocycles. The first-order valence-corrected chi connectivity index (χ1v) is 13.3. The minimum absolute atomic E-state index is 0.141. The maximum Gasteiger partial charge on any atom is 0.230 e. The highest BCUT2D eigenvalue weighted by Crippen LogP contribution is 2.30. The van der Waals surface area contributed by atoms with Crippen molar-refractivity contribution in [2.75, 3.05) is 13.1 Å². The van der Waals surface area contributed by atoms with Crippen LogP contribution in [0.15, 0.2) is 127 Å². The summed E-state index contributed by atoms with van der Waals surface area (Å²) in [5, 5.41) is 0. The van der Waals surface area contributed by atoms with Crippen LogP contribution in [-0.4, -0.2) is 23.9 Å². The maximum atomic E-state index is 14.0. The molecule has 188 valence electrons. The monoisotopic (exact) mass is 487 g/mol. The Morgan fingerprint density at radius 2 is 1.16 bits per heavy atom. The minimum Gasteiger partial charge on any atom is -0.338 e. The average Bonchev–Trinajstić information content (AvgIpc) is 2.95. The van der Waals surface area contributed by atoms with Crippen LogP contribution in [-0.2, 0) is 4.79 Å². The predicted octanol–water partition coefficient (Wildman–Crippen LogP) is 8.33. The molecule has 2 heteroatoms. The Hall–Kier alpha value is -3.91. The van der Waals surface area contributed by atoms with Gasteiger partial charge in [0.25, 0.3) is 0 Å². The molecule has 2 nitrogen and oxygen atoms in total. The van der Waals surface area contributed by atoms with Gasteiger partial charge in [0, 0.05) is 19.0 Å². The van der Waals surface area contributed by atoms with E-state index in [9.17, 15) is 4.79 Å². The van der Waals surface area contributed by atoms with Crippen molar-refractivity contribution in [2.24, 2.45) is 0 Å². The van der Waals surface area contributed by atoms with E-state index in [0.717, 1.165) is 24.0 Å². The normalized spacial score (nSPS) is 12.4. The number of hydrogen-bond donors (Lipinski definition) is 0. The van der Waals surface area contributed by atoms with Gasteiger partial charge in [0.1, 0.15) is 0 Å². The largest absolute Gasteiger partial charge is 0.338 e. The van der Waals surface area contributed by atoms with Crippen LogP contribution in [0.3, 0.4) is 0 Å². The van der Waals surface area contributed by atoms with Crippen LogP contribution >= 0.6 is 0 Å². The zero-order valence-electron chi connectivity index (χ0n) is 22.0. The van der Waals surface area contributed by atoms with Gasteiger partial charge in [-0.3, -0.25) is 4.79 Å². The summed E-state index contributed by atoms with van der Waals surface area (Å²) in [4.78, 5) is 16.1. The summed E-state index contributed by atoms with van der Waals surface area (Å²) in [5.41, 5.74) is 6.00. The van der Waals surface area contributed by atoms with Crippen LogP contribution in [0.5, 0.6) is 0 Å². The van der Waals surface area contributed by atoms with Gasteiger partial charge in [0.15, 0.2) is 0 Å². The summed E-state index contributed by atoms with van der Waals surface area (Å²) in [5.74, 6) is 0.292. The fourth-order valence-electron chi connectivity index (χ4n) is 5.09. The summed E-state index contributed by atoms with van der Waals surface area (Å²) < 4.78 is 0. The first kappa shape index (κ1) is 26.2. The quantitative estimate of drug-likeness (QED) is 0.208. The van der Waals surface area contributed by atoms with Crippen LogP contribution in [0.2, 0.25) is 0 Å². The summed E-state index contributed by atoms with van der Waals surface area (Å²) in [7, 11) is 0. The van der Waals surface area contributed by atoms with Gasteiger partial charge >= 0.3 is 0 Å². The van der Waals surface area contributed by atoms with E-state index in [0.29, 0.717) is 13.1 Å². The average molecular weight is 488 g/mol. The van der Waals surface area contributed by atoms with Gasteiger partial charge in [0.05, 0.1) is 5.92 Å². The molecule has 0 aliphatic carbocycles. The van der Waals surface area contributed by atoms with Crippen LogP contribution in [0.25, 0.3) is 6.08 Å². The van der Waals surface area contributed by atoms with Crippen LogP contribution in [0, 0.1) is 0 Å². The van der Waals surface area contributed by atoms with Crippen LogP contribution < -0.4 is 0 Å². The van der Waals surface area contributed by atoms with Gasteiger partial charge < -0.3 is 4.90 Å². The zero-order chi connectivity index (χ0) is 25.9. The molecule has 1 unspecified atom stereocenters. The lowest BCUT2D eigenvalue weighted by Crippen LogP contribution is -2.37. The Morgan fingerprint density at radius 1 is 0.703 bits per heavy atom. The summed E-state index contributed by atoms with van der Waals surface area (Å²) >= 11 is 0. The molecule has 0 radical (unpaired) electrons. The zero-order valence-corrected chi connectivity index (χ0v) is 22.0. The summed E-state index contributed by atoms with van der Waals surface area (Å²) in [6.07, 6.45) is 3.83. The number of hydrogen-bond acceptors (Lipinski definition) is 1. The fraction of sp³-hybridized carbons (Fsp3) is 0.229. The Labute approximate surface area is 222 Å². The molecule has 4 aromatic rings. The third-order valence-corrected chi connectivity index (χ3v) is 6.96. The molecular formula is C35H37NO. The van der Waals surface area contributed by atoms with E-state index in [1.165, 1.54) is 16.7 Å². The van der Waals surface area contributed by atoms with Crippen LogP contribution in [0.4, 0.5) is 0 Å². The molecule has 0 saturated carbocycles. The number of nitrogens with zero attached hydrogens (tertiary/aromatic N) is 1. The number of benzene rings is 4. The lowest BCUT2D eigenvalue weighted by Gasteiger charge is -2.30. The van der Waals surface area contributed by atoms with E-state index in [4.69, 9.17) is 0 Å². The van der Waals surface area contributed by atoms with Gasteiger partial charge in [-0.15, -0.1) is 0 Å². The van der Waals surface area contributed by atoms with Crippen LogP contribution in [0.1, 0.15) is 60.8 Å². The molecule has 37 heavy (non-hydrogen) atoms. The molecule has 0 N–H and O–H groups in total. The molecule has 0 fully saturated rings. The lowest BCUT2D eigenvalue weighted by molar-refractivity contribution is -0.132. The summed E-state index contributed by atoms with van der Waals surface area (Å²) in [6.45, 7) is 5.55. The third-order valence-electron chi connectivity index (χ3n) is 6.96. The molecule has 0 spiro atoms. The Bertz CT molecular complexity index is 1210. The van der Waals surface area contributed by atoms with Gasteiger partial charge in [-0.25, -0.2) is 0 Å². The van der Waals surface area contributed by atoms with E-state index < -0.39 is 0 Å². The molecule has 4 rings (SSSR count). The van der Waals surface area contributed by atoms with Crippen molar-refractivity contribution in [3.8, 4) is 0 Å². The van der Waals surface area contributed by atoms with Gasteiger partial charge in [-0.05, 0) is 42.0 Å². The molecule has 0 bridgehead atoms. The van der Waals surface area contributed by atoms with Crippen molar-refractivity contribution in [3.05, 3.63) is 149 Å². The maximum absolute atomic E-state index is 14.0. The molecule has 0 heterocycles. The van der Waals surface area contributed by atoms with E-state index in [-0.39, 0.29) is 17.7 Å². The SMILES string of the molecule is CCC(C(=O)N(CCC(c1ccccc1)c1ccccc1)C/C(C)=C/c1ccccc1)c1ccccc1. The van der Waals surface area contributed by atoms with Crippen molar-refractivity contribution < 1.29 is 4.79 Å². The molecule has 1 atom stereocenters. The second kappa shape index (κ2) is 13.4. The Balaban J connectivity index is 1.61. The standard InChI is InChI=1S/C35H37NO/c1-3-33(30-18-10-5-11-19-30)35(37)36(27-28(2)26-29-16-8-4-9-17-29)25-24-34(31-20-12-6-13-21-31)32-22-14-7-15-23-32/h4-23,26,33-34H,3,24-25,27H2,1-2H3/b28-26+. The van der Waals surface area contributed by atoms with E-state index in [2.05, 4.69) is 122 Å². The Kier molecular flexibility index (Phi) is 9.48. The van der Waals surface area contributed by atoms with Crippen molar-refractivity contribution in [1.82, 2.24) is 4.90 Å². The van der Waals surface area contributed by atoms with E-state index in [1.807, 2.05) is 24.3 Å². The lowest BCUT2D eigenvalue weighted by atomic mass is 9.88. The number of rotatable bonds is 11. The molecule has 0 saturated heterocycles. The minimum atomic E-state index is -0.141. The highest BCUT2D eigenvalue weighted by molar-refractivity contribution is 5.84. The molecule has 4 aromatic carbocycles. The first-order valence-electron chi connectivity index (χ1n) is 13.3. The molecule has 1 amide bonds. The van der Waals surface area contributed by atoms with Crippen molar-refractivity contribution >= 4 is 12.0 Å². The molecule has 0 aliphatic heterocycles. The highest BCUT2D eigenvalue weighted by atomic mass is 16.2. The van der Waals surface area contributed by atoms with E-state index >= 15 is 0 Å². The number of amides is 1. The van der Waals surface area contributed by atoms with Crippen molar-refractivity contribution in [1.29, 1.82) is 0 Å². The number of carbonyl (C=O) groups is 1. The first-order chi connectivity index (χ1) is 18.2. The van der Waals surface area contributed by atoms with Gasteiger partial charge in [-0.1, -0.05) is 140 Å². The highest BCUT2D eigenvalue weighted by Gasteiger charge is 2.26. The third kappa shape index (κ3) is 7.30.